The van der Waals surface area contributed by atoms with E-state index in [1.165, 1.54) is 21.8 Å². The van der Waals surface area contributed by atoms with Gasteiger partial charge in [-0.15, -0.1) is 0 Å². The van der Waals surface area contributed by atoms with Crippen molar-refractivity contribution in [2.75, 3.05) is 4.90 Å². The summed E-state index contributed by atoms with van der Waals surface area (Å²) in [6.07, 6.45) is 3.87. The number of hydrogen-bond acceptors (Lipinski definition) is 3. The molecule has 0 aliphatic carbocycles. The summed E-state index contributed by atoms with van der Waals surface area (Å²) >= 11 is 0. The predicted octanol–water partition coefficient (Wildman–Crippen LogP) is 12.0. The average Bonchev–Trinajstić information content (AvgIpc) is 3.54. The maximum atomic E-state index is 4.84. The van der Waals surface area contributed by atoms with E-state index in [1.807, 2.05) is 24.5 Å². The maximum absolute atomic E-state index is 4.84. The van der Waals surface area contributed by atoms with Crippen molar-refractivity contribution < 1.29 is 0 Å². The number of benzene rings is 6. The molecule has 0 aliphatic rings. The molecule has 0 radical (unpaired) electrons. The highest BCUT2D eigenvalue weighted by molar-refractivity contribution is 6.09. The molecule has 0 aliphatic heterocycles. The summed E-state index contributed by atoms with van der Waals surface area (Å²) in [4.78, 5) is 11.9. The molecule has 0 fully saturated rings. The highest BCUT2D eigenvalue weighted by Crippen LogP contribution is 2.36. The van der Waals surface area contributed by atoms with Gasteiger partial charge in [-0.05, 0) is 72.8 Å². The first kappa shape index (κ1) is 29.4. The Morgan fingerprint density at radius 2 is 0.740 bits per heavy atom. The highest BCUT2D eigenvalue weighted by atomic mass is 15.1. The Labute approximate surface area is 291 Å². The van der Waals surface area contributed by atoms with E-state index in [0.29, 0.717) is 0 Å². The summed E-state index contributed by atoms with van der Waals surface area (Å²) in [6.45, 7) is 0. The number of aromatic nitrogens is 3. The second-order valence-electron chi connectivity index (χ2n) is 12.3. The Morgan fingerprint density at radius 1 is 0.340 bits per heavy atom. The normalized spacial score (nSPS) is 11.2. The van der Waals surface area contributed by atoms with Crippen LogP contribution in [0.2, 0.25) is 0 Å². The zero-order valence-corrected chi connectivity index (χ0v) is 27.3. The molecule has 0 saturated heterocycles. The van der Waals surface area contributed by atoms with Crippen LogP contribution in [0, 0.1) is 0 Å². The molecule has 3 aromatic heterocycles. The smallest absolute Gasteiger partial charge is 0.0702 e. The molecule has 50 heavy (non-hydrogen) atoms. The molecule has 4 nitrogen and oxygen atoms in total. The molecule has 0 spiro atoms. The topological polar surface area (TPSA) is 34.0 Å². The van der Waals surface area contributed by atoms with Gasteiger partial charge >= 0.3 is 0 Å². The van der Waals surface area contributed by atoms with Gasteiger partial charge in [0.05, 0.1) is 22.4 Å². The van der Waals surface area contributed by atoms with Gasteiger partial charge in [0.15, 0.2) is 0 Å². The van der Waals surface area contributed by atoms with Crippen LogP contribution in [0.5, 0.6) is 0 Å². The summed E-state index contributed by atoms with van der Waals surface area (Å²) in [5, 5.41) is 2.53. The second kappa shape index (κ2) is 12.7. The molecule has 0 N–H and O–H groups in total. The van der Waals surface area contributed by atoms with Crippen LogP contribution in [0.25, 0.3) is 61.1 Å². The molecule has 9 rings (SSSR count). The Bertz CT molecular complexity index is 2450. The van der Waals surface area contributed by atoms with Gasteiger partial charge in [0.1, 0.15) is 0 Å². The van der Waals surface area contributed by atoms with E-state index in [0.717, 1.165) is 56.4 Å². The SMILES string of the molecule is c1ccc(N(c2ccccc2)c2ccc(-c3ccc(-c4ccc(-c5ccc(-n6c7ccccc7c7ccccc76)cc5)nc4)cn3)cc2)cc1. The van der Waals surface area contributed by atoms with Crippen LogP contribution >= 0.6 is 0 Å². The molecule has 4 heteroatoms. The quantitative estimate of drug-likeness (QED) is 0.174. The van der Waals surface area contributed by atoms with Crippen LogP contribution in [-0.2, 0) is 0 Å². The van der Waals surface area contributed by atoms with Crippen LogP contribution in [-0.4, -0.2) is 14.5 Å². The minimum absolute atomic E-state index is 0.930. The van der Waals surface area contributed by atoms with Crippen molar-refractivity contribution in [1.82, 2.24) is 14.5 Å². The van der Waals surface area contributed by atoms with Gasteiger partial charge in [0, 0.05) is 68.2 Å². The fourth-order valence-electron chi connectivity index (χ4n) is 6.84. The Kier molecular flexibility index (Phi) is 7.45. The van der Waals surface area contributed by atoms with Crippen molar-refractivity contribution in [2.24, 2.45) is 0 Å². The van der Waals surface area contributed by atoms with Crippen molar-refractivity contribution in [1.29, 1.82) is 0 Å². The number of pyridine rings is 2. The van der Waals surface area contributed by atoms with Crippen molar-refractivity contribution in [2.45, 2.75) is 0 Å². The number of fused-ring (bicyclic) bond motifs is 3. The van der Waals surface area contributed by atoms with Crippen LogP contribution in [0.1, 0.15) is 0 Å². The first-order valence-corrected chi connectivity index (χ1v) is 16.8. The van der Waals surface area contributed by atoms with Crippen molar-refractivity contribution >= 4 is 38.9 Å². The van der Waals surface area contributed by atoms with Crippen molar-refractivity contribution in [3.8, 4) is 39.3 Å². The van der Waals surface area contributed by atoms with E-state index in [9.17, 15) is 0 Å². The third-order valence-corrected chi connectivity index (χ3v) is 9.31. The van der Waals surface area contributed by atoms with E-state index in [2.05, 4.69) is 179 Å². The lowest BCUT2D eigenvalue weighted by Gasteiger charge is -2.25. The second-order valence-corrected chi connectivity index (χ2v) is 12.3. The number of hydrogen-bond donors (Lipinski definition) is 0. The van der Waals surface area contributed by atoms with Gasteiger partial charge in [-0.25, -0.2) is 0 Å². The zero-order valence-electron chi connectivity index (χ0n) is 27.3. The zero-order chi connectivity index (χ0) is 33.3. The molecule has 9 aromatic rings. The molecule has 6 aromatic carbocycles. The molecule has 0 unspecified atom stereocenters. The number of rotatable bonds is 7. The van der Waals surface area contributed by atoms with Gasteiger partial charge in [-0.2, -0.15) is 0 Å². The molecule has 3 heterocycles. The number of nitrogens with zero attached hydrogens (tertiary/aromatic N) is 4. The van der Waals surface area contributed by atoms with Gasteiger partial charge in [-0.1, -0.05) is 109 Å². The predicted molar refractivity (Wildman–Crippen MR) is 207 cm³/mol. The summed E-state index contributed by atoms with van der Waals surface area (Å²) in [5.74, 6) is 0. The van der Waals surface area contributed by atoms with Crippen molar-refractivity contribution in [3.63, 3.8) is 0 Å². The Morgan fingerprint density at radius 3 is 1.20 bits per heavy atom. The fourth-order valence-corrected chi connectivity index (χ4v) is 6.84. The Balaban J connectivity index is 0.934. The molecule has 0 atom stereocenters. The first-order valence-electron chi connectivity index (χ1n) is 16.8. The van der Waals surface area contributed by atoms with E-state index in [-0.39, 0.29) is 0 Å². The molecular weight excluding hydrogens is 609 g/mol. The molecule has 0 saturated carbocycles. The lowest BCUT2D eigenvalue weighted by Crippen LogP contribution is -2.09. The maximum Gasteiger partial charge on any atom is 0.0702 e. The van der Waals surface area contributed by atoms with E-state index < -0.39 is 0 Å². The molecule has 0 bridgehead atoms. The average molecular weight is 641 g/mol. The van der Waals surface area contributed by atoms with E-state index in [1.54, 1.807) is 0 Å². The van der Waals surface area contributed by atoms with Crippen molar-refractivity contribution in [3.05, 3.63) is 194 Å². The fraction of sp³-hybridized carbons (Fsp3) is 0. The Hall–Kier alpha value is -6.78. The van der Waals surface area contributed by atoms with Gasteiger partial charge in [0.25, 0.3) is 0 Å². The first-order chi connectivity index (χ1) is 24.8. The van der Waals surface area contributed by atoms with Crippen LogP contribution in [0.15, 0.2) is 194 Å². The highest BCUT2D eigenvalue weighted by Gasteiger charge is 2.14. The summed E-state index contributed by atoms with van der Waals surface area (Å²) in [5.41, 5.74) is 13.0. The molecular formula is C46H32N4. The van der Waals surface area contributed by atoms with Crippen LogP contribution < -0.4 is 4.90 Å². The lowest BCUT2D eigenvalue weighted by molar-refractivity contribution is 1.18. The standard InChI is InChI=1S/C46H32N4/c1-3-11-37(12-4-1)49(38-13-5-2-6-14-38)39-25-19-33(20-26-39)43-29-23-35(31-47-43)36-24-30-44(48-32-36)34-21-27-40(28-22-34)50-45-17-9-7-15-41(45)42-16-8-10-18-46(42)50/h1-32H. The molecule has 0 amide bonds. The van der Waals surface area contributed by atoms with Gasteiger partial charge in [0.2, 0.25) is 0 Å². The number of anilines is 3. The largest absolute Gasteiger partial charge is 0.311 e. The monoisotopic (exact) mass is 640 g/mol. The van der Waals surface area contributed by atoms with Gasteiger partial charge in [-0.3, -0.25) is 9.97 Å². The van der Waals surface area contributed by atoms with Crippen LogP contribution in [0.4, 0.5) is 17.1 Å². The van der Waals surface area contributed by atoms with Gasteiger partial charge < -0.3 is 9.47 Å². The van der Waals surface area contributed by atoms with Crippen LogP contribution in [0.3, 0.4) is 0 Å². The third kappa shape index (κ3) is 5.39. The summed E-state index contributed by atoms with van der Waals surface area (Å²) in [7, 11) is 0. The lowest BCUT2D eigenvalue weighted by atomic mass is 10.1. The minimum Gasteiger partial charge on any atom is -0.311 e. The minimum atomic E-state index is 0.930. The summed E-state index contributed by atoms with van der Waals surface area (Å²) in [6, 6.07) is 63.7. The third-order valence-electron chi connectivity index (χ3n) is 9.31. The van der Waals surface area contributed by atoms with E-state index >= 15 is 0 Å². The van der Waals surface area contributed by atoms with E-state index in [4.69, 9.17) is 9.97 Å². The molecule has 236 valence electrons. The number of para-hydroxylation sites is 4. The summed E-state index contributed by atoms with van der Waals surface area (Å²) < 4.78 is 2.33.